The predicted molar refractivity (Wildman–Crippen MR) is 63.0 cm³/mol. The maximum absolute atomic E-state index is 5.50. The van der Waals surface area contributed by atoms with E-state index in [1.165, 1.54) is 0 Å². The molecule has 4 heteroatoms. The molecule has 0 aromatic carbocycles. The van der Waals surface area contributed by atoms with Gasteiger partial charge in [-0.2, -0.15) is 0 Å². The smallest absolute Gasteiger partial charge is 0.123 e. The van der Waals surface area contributed by atoms with Crippen LogP contribution < -0.4 is 10.6 Å². The van der Waals surface area contributed by atoms with Crippen molar-refractivity contribution in [3.8, 4) is 0 Å². The molecule has 1 saturated heterocycles. The fourth-order valence-electron chi connectivity index (χ4n) is 1.41. The number of morpholine rings is 1. The van der Waals surface area contributed by atoms with E-state index in [0.717, 1.165) is 32.0 Å². The first-order valence-corrected chi connectivity index (χ1v) is 5.40. The first kappa shape index (κ1) is 11.8. The van der Waals surface area contributed by atoms with Gasteiger partial charge in [-0.3, -0.25) is 0 Å². The summed E-state index contributed by atoms with van der Waals surface area (Å²) in [5.74, 6) is 0.567. The summed E-state index contributed by atoms with van der Waals surface area (Å²) in [5.41, 5.74) is 6.62. The van der Waals surface area contributed by atoms with E-state index >= 15 is 0 Å². The number of nitrogens with two attached hydrogens (primary N) is 1. The molecule has 2 rings (SSSR count). The number of aromatic nitrogens is 1. The van der Waals surface area contributed by atoms with E-state index in [0.29, 0.717) is 5.82 Å². The van der Waals surface area contributed by atoms with Gasteiger partial charge in [0.2, 0.25) is 0 Å². The Morgan fingerprint density at radius 1 is 1.27 bits per heavy atom. The van der Waals surface area contributed by atoms with Gasteiger partial charge >= 0.3 is 0 Å². The fraction of sp³-hybridized carbons (Fsp3) is 0.545. The second-order valence-corrected chi connectivity index (χ2v) is 3.04. The molecule has 1 aromatic rings. The third-order valence-corrected chi connectivity index (χ3v) is 2.15. The molecule has 0 bridgehead atoms. The number of nitrogen functional groups attached to an aromatic ring is 1. The van der Waals surface area contributed by atoms with Crippen LogP contribution in [-0.4, -0.2) is 31.3 Å². The Hall–Kier alpha value is -1.29. The van der Waals surface area contributed by atoms with Crippen LogP contribution in [0.25, 0.3) is 0 Å². The second-order valence-electron chi connectivity index (χ2n) is 3.04. The molecule has 84 valence electrons. The van der Waals surface area contributed by atoms with Crippen LogP contribution in [0.4, 0.5) is 11.5 Å². The highest BCUT2D eigenvalue weighted by Crippen LogP contribution is 2.14. The minimum Gasteiger partial charge on any atom is -0.384 e. The molecule has 1 aliphatic heterocycles. The SMILES string of the molecule is CC.Nc1ccc(N2CCOCC2)cn1. The van der Waals surface area contributed by atoms with Crippen molar-refractivity contribution in [2.45, 2.75) is 13.8 Å². The lowest BCUT2D eigenvalue weighted by Crippen LogP contribution is -2.36. The number of ether oxygens (including phenoxy) is 1. The molecule has 4 nitrogen and oxygen atoms in total. The van der Waals surface area contributed by atoms with Crippen molar-refractivity contribution in [2.75, 3.05) is 36.9 Å². The summed E-state index contributed by atoms with van der Waals surface area (Å²) in [4.78, 5) is 6.30. The summed E-state index contributed by atoms with van der Waals surface area (Å²) in [6.45, 7) is 7.46. The van der Waals surface area contributed by atoms with Crippen molar-refractivity contribution in [1.82, 2.24) is 4.98 Å². The molecule has 1 fully saturated rings. The monoisotopic (exact) mass is 209 g/mol. The van der Waals surface area contributed by atoms with E-state index in [9.17, 15) is 0 Å². The Morgan fingerprint density at radius 2 is 1.93 bits per heavy atom. The van der Waals surface area contributed by atoms with Crippen molar-refractivity contribution in [3.05, 3.63) is 18.3 Å². The maximum atomic E-state index is 5.50. The summed E-state index contributed by atoms with van der Waals surface area (Å²) in [7, 11) is 0. The standard InChI is InChI=1S/C9H13N3O.C2H6/c10-9-2-1-8(7-11-9)12-3-5-13-6-4-12;1-2/h1-2,7H,3-6H2,(H2,10,11);1-2H3. The summed E-state index contributed by atoms with van der Waals surface area (Å²) >= 11 is 0. The maximum Gasteiger partial charge on any atom is 0.123 e. The van der Waals surface area contributed by atoms with Gasteiger partial charge in [-0.05, 0) is 12.1 Å². The van der Waals surface area contributed by atoms with Crippen LogP contribution in [-0.2, 0) is 4.74 Å². The molecular formula is C11H19N3O. The average Bonchev–Trinajstić information content (AvgIpc) is 2.34. The predicted octanol–water partition coefficient (Wildman–Crippen LogP) is 1.53. The van der Waals surface area contributed by atoms with Crippen LogP contribution in [0.1, 0.15) is 13.8 Å². The van der Waals surface area contributed by atoms with Crippen LogP contribution >= 0.6 is 0 Å². The Morgan fingerprint density at radius 3 is 2.47 bits per heavy atom. The number of nitrogens with zero attached hydrogens (tertiary/aromatic N) is 2. The lowest BCUT2D eigenvalue weighted by atomic mass is 10.3. The molecular weight excluding hydrogens is 190 g/mol. The average molecular weight is 209 g/mol. The molecule has 1 aromatic heterocycles. The highest BCUT2D eigenvalue weighted by molar-refractivity contribution is 5.48. The van der Waals surface area contributed by atoms with Crippen molar-refractivity contribution < 1.29 is 4.74 Å². The van der Waals surface area contributed by atoms with E-state index in [-0.39, 0.29) is 0 Å². The van der Waals surface area contributed by atoms with Crippen LogP contribution in [0.2, 0.25) is 0 Å². The Balaban J connectivity index is 0.000000531. The minimum atomic E-state index is 0.567. The lowest BCUT2D eigenvalue weighted by Gasteiger charge is -2.28. The highest BCUT2D eigenvalue weighted by atomic mass is 16.5. The quantitative estimate of drug-likeness (QED) is 0.762. The third kappa shape index (κ3) is 3.40. The first-order valence-electron chi connectivity index (χ1n) is 5.40. The van der Waals surface area contributed by atoms with Gasteiger partial charge < -0.3 is 15.4 Å². The normalized spacial score (nSPS) is 15.5. The van der Waals surface area contributed by atoms with Gasteiger partial charge in [0.15, 0.2) is 0 Å². The molecule has 0 saturated carbocycles. The molecule has 0 aliphatic carbocycles. The molecule has 0 spiro atoms. The van der Waals surface area contributed by atoms with Crippen molar-refractivity contribution in [1.29, 1.82) is 0 Å². The van der Waals surface area contributed by atoms with Gasteiger partial charge in [0, 0.05) is 13.1 Å². The van der Waals surface area contributed by atoms with Crippen LogP contribution in [0.15, 0.2) is 18.3 Å². The van der Waals surface area contributed by atoms with E-state index in [1.807, 2.05) is 26.0 Å². The molecule has 0 atom stereocenters. The Bertz CT molecular complexity index is 268. The zero-order valence-corrected chi connectivity index (χ0v) is 9.44. The van der Waals surface area contributed by atoms with Gasteiger partial charge in [-0.1, -0.05) is 13.8 Å². The summed E-state index contributed by atoms with van der Waals surface area (Å²) in [5, 5.41) is 0. The molecule has 0 amide bonds. The van der Waals surface area contributed by atoms with Crippen molar-refractivity contribution in [3.63, 3.8) is 0 Å². The summed E-state index contributed by atoms with van der Waals surface area (Å²) < 4.78 is 5.26. The third-order valence-electron chi connectivity index (χ3n) is 2.15. The summed E-state index contributed by atoms with van der Waals surface area (Å²) in [6.07, 6.45) is 1.81. The minimum absolute atomic E-state index is 0.567. The number of anilines is 2. The van der Waals surface area contributed by atoms with Crippen molar-refractivity contribution >= 4 is 11.5 Å². The van der Waals surface area contributed by atoms with Crippen LogP contribution in [0.5, 0.6) is 0 Å². The Labute approximate surface area is 91.1 Å². The molecule has 2 heterocycles. The van der Waals surface area contributed by atoms with Gasteiger partial charge in [0.1, 0.15) is 5.82 Å². The van der Waals surface area contributed by atoms with E-state index in [2.05, 4.69) is 9.88 Å². The molecule has 0 unspecified atom stereocenters. The number of hydrogen-bond acceptors (Lipinski definition) is 4. The highest BCUT2D eigenvalue weighted by Gasteiger charge is 2.10. The zero-order chi connectivity index (χ0) is 11.1. The van der Waals surface area contributed by atoms with Gasteiger partial charge in [0.25, 0.3) is 0 Å². The van der Waals surface area contributed by atoms with Crippen molar-refractivity contribution in [2.24, 2.45) is 0 Å². The lowest BCUT2D eigenvalue weighted by molar-refractivity contribution is 0.122. The number of hydrogen-bond donors (Lipinski definition) is 1. The number of pyridine rings is 1. The Kier molecular flexibility index (Phi) is 4.90. The van der Waals surface area contributed by atoms with E-state index in [1.54, 1.807) is 6.20 Å². The summed E-state index contributed by atoms with van der Waals surface area (Å²) in [6, 6.07) is 3.82. The van der Waals surface area contributed by atoms with Gasteiger partial charge in [0.05, 0.1) is 25.1 Å². The number of rotatable bonds is 1. The van der Waals surface area contributed by atoms with E-state index in [4.69, 9.17) is 10.5 Å². The fourth-order valence-corrected chi connectivity index (χ4v) is 1.41. The van der Waals surface area contributed by atoms with Gasteiger partial charge in [-0.15, -0.1) is 0 Å². The molecule has 2 N–H and O–H groups in total. The molecule has 1 aliphatic rings. The van der Waals surface area contributed by atoms with Crippen LogP contribution in [0.3, 0.4) is 0 Å². The zero-order valence-electron chi connectivity index (χ0n) is 9.44. The van der Waals surface area contributed by atoms with E-state index < -0.39 is 0 Å². The van der Waals surface area contributed by atoms with Crippen LogP contribution in [0, 0.1) is 0 Å². The molecule has 15 heavy (non-hydrogen) atoms. The first-order chi connectivity index (χ1) is 7.36. The molecule has 0 radical (unpaired) electrons. The second kappa shape index (κ2) is 6.24. The topological polar surface area (TPSA) is 51.4 Å². The largest absolute Gasteiger partial charge is 0.384 e. The van der Waals surface area contributed by atoms with Gasteiger partial charge in [-0.25, -0.2) is 4.98 Å².